The van der Waals surface area contributed by atoms with Gasteiger partial charge in [0.15, 0.2) is 0 Å². The number of para-hydroxylation sites is 1. The van der Waals surface area contributed by atoms with E-state index >= 15 is 0 Å². The quantitative estimate of drug-likeness (QED) is 0.668. The summed E-state index contributed by atoms with van der Waals surface area (Å²) >= 11 is 2.24. The maximum Gasteiger partial charge on any atom is 0.238 e. The average molecular weight is 479 g/mol. The Hall–Kier alpha value is -1.74. The average Bonchev–Trinajstić information content (AvgIpc) is 2.63. The maximum absolute atomic E-state index is 12.4. The number of anilines is 2. The van der Waals surface area contributed by atoms with Crippen LogP contribution in [0.1, 0.15) is 31.3 Å². The van der Waals surface area contributed by atoms with Crippen LogP contribution in [0, 0.1) is 10.5 Å². The third kappa shape index (κ3) is 5.38. The highest BCUT2D eigenvalue weighted by Crippen LogP contribution is 2.19. The number of aromatic nitrogens is 2. The van der Waals surface area contributed by atoms with Crippen molar-refractivity contribution in [2.24, 2.45) is 0 Å². The number of carbonyl (C=O) groups excluding carboxylic acids is 1. The fraction of sp³-hybridized carbons (Fsp3) is 0.450. The van der Waals surface area contributed by atoms with Crippen molar-refractivity contribution >= 4 is 40.0 Å². The minimum absolute atomic E-state index is 0.0348. The molecule has 1 saturated heterocycles. The van der Waals surface area contributed by atoms with Gasteiger partial charge in [-0.1, -0.05) is 26.0 Å². The number of benzene rings is 1. The summed E-state index contributed by atoms with van der Waals surface area (Å²) in [5.41, 5.74) is 1.88. The number of halogens is 1. The van der Waals surface area contributed by atoms with Crippen LogP contribution in [0.15, 0.2) is 30.3 Å². The molecule has 0 aliphatic carbocycles. The van der Waals surface area contributed by atoms with Gasteiger partial charge in [-0.25, -0.2) is 9.97 Å². The number of nitrogens with one attached hydrogen (secondary N) is 1. The van der Waals surface area contributed by atoms with Crippen LogP contribution in [0.5, 0.6) is 0 Å². The van der Waals surface area contributed by atoms with Crippen molar-refractivity contribution in [2.45, 2.75) is 26.7 Å². The molecule has 1 N–H and O–H groups in total. The van der Waals surface area contributed by atoms with E-state index in [9.17, 15) is 4.79 Å². The number of nitrogens with zero attached hydrogens (tertiary/aromatic N) is 4. The molecule has 0 saturated carbocycles. The molecular formula is C20H26IN5O. The summed E-state index contributed by atoms with van der Waals surface area (Å²) in [4.78, 5) is 26.1. The van der Waals surface area contributed by atoms with Crippen molar-refractivity contribution in [1.29, 1.82) is 0 Å². The first-order valence-corrected chi connectivity index (χ1v) is 10.4. The first kappa shape index (κ1) is 20.0. The number of aryl methyl sites for hydroxylation is 1. The topological polar surface area (TPSA) is 61.4 Å². The number of amides is 1. The van der Waals surface area contributed by atoms with Crippen molar-refractivity contribution in [3.05, 3.63) is 45.4 Å². The fourth-order valence-electron chi connectivity index (χ4n) is 3.09. The molecule has 0 bridgehead atoms. The lowest BCUT2D eigenvalue weighted by Crippen LogP contribution is -2.49. The number of rotatable bonds is 5. The van der Waals surface area contributed by atoms with Crippen LogP contribution < -0.4 is 10.2 Å². The molecule has 2 heterocycles. The van der Waals surface area contributed by atoms with E-state index in [1.165, 1.54) is 0 Å². The molecule has 27 heavy (non-hydrogen) atoms. The van der Waals surface area contributed by atoms with Crippen LogP contribution in [0.4, 0.5) is 11.5 Å². The van der Waals surface area contributed by atoms with E-state index in [1.54, 1.807) is 0 Å². The highest BCUT2D eigenvalue weighted by atomic mass is 127. The summed E-state index contributed by atoms with van der Waals surface area (Å²) in [5.74, 6) is 2.24. The zero-order valence-electron chi connectivity index (χ0n) is 16.1. The van der Waals surface area contributed by atoms with Gasteiger partial charge in [-0.2, -0.15) is 0 Å². The highest BCUT2D eigenvalue weighted by Gasteiger charge is 2.21. The Balaban J connectivity index is 1.55. The van der Waals surface area contributed by atoms with Crippen LogP contribution in [-0.2, 0) is 4.79 Å². The molecule has 1 fully saturated rings. The minimum Gasteiger partial charge on any atom is -0.354 e. The Labute approximate surface area is 174 Å². The molecule has 6 nitrogen and oxygen atoms in total. The van der Waals surface area contributed by atoms with Gasteiger partial charge in [-0.3, -0.25) is 9.69 Å². The van der Waals surface area contributed by atoms with Crippen molar-refractivity contribution in [3.63, 3.8) is 0 Å². The van der Waals surface area contributed by atoms with Gasteiger partial charge in [-0.05, 0) is 41.6 Å². The normalized spacial score (nSPS) is 15.2. The summed E-state index contributed by atoms with van der Waals surface area (Å²) in [5, 5.41) is 3.01. The molecule has 1 amide bonds. The van der Waals surface area contributed by atoms with E-state index in [1.807, 2.05) is 37.3 Å². The van der Waals surface area contributed by atoms with Crippen molar-refractivity contribution in [3.8, 4) is 0 Å². The second-order valence-electron chi connectivity index (χ2n) is 7.17. The largest absolute Gasteiger partial charge is 0.354 e. The molecule has 0 atom stereocenters. The molecule has 144 valence electrons. The zero-order chi connectivity index (χ0) is 19.4. The van der Waals surface area contributed by atoms with E-state index < -0.39 is 0 Å². The first-order chi connectivity index (χ1) is 12.9. The number of hydrogen-bond acceptors (Lipinski definition) is 5. The summed E-state index contributed by atoms with van der Waals surface area (Å²) in [6, 6.07) is 9.87. The van der Waals surface area contributed by atoms with Crippen LogP contribution in [0.3, 0.4) is 0 Å². The van der Waals surface area contributed by atoms with Gasteiger partial charge in [0.1, 0.15) is 11.6 Å². The minimum atomic E-state index is 0.0348. The molecule has 0 spiro atoms. The van der Waals surface area contributed by atoms with Gasteiger partial charge in [0.05, 0.1) is 12.2 Å². The maximum atomic E-state index is 12.4. The molecule has 2 aromatic rings. The Morgan fingerprint density at radius 3 is 2.56 bits per heavy atom. The first-order valence-electron chi connectivity index (χ1n) is 9.29. The van der Waals surface area contributed by atoms with E-state index in [0.29, 0.717) is 12.5 Å². The lowest BCUT2D eigenvalue weighted by atomic mass is 10.2. The molecule has 3 rings (SSSR count). The predicted molar refractivity (Wildman–Crippen MR) is 117 cm³/mol. The number of hydrogen-bond donors (Lipinski definition) is 1. The third-order valence-electron chi connectivity index (χ3n) is 4.59. The standard InChI is InChI=1S/C20H26IN5O/c1-14(2)20-22-15(3)12-18(24-20)26-10-8-25(9-11-26)13-19(27)23-17-7-5-4-6-16(17)21/h4-7,12,14H,8-11,13H2,1-3H3,(H,23,27). The SMILES string of the molecule is Cc1cc(N2CCN(CC(=O)Nc3ccccc3I)CC2)nc(C(C)C)n1. The van der Waals surface area contributed by atoms with Crippen LogP contribution in [0.25, 0.3) is 0 Å². The smallest absolute Gasteiger partial charge is 0.238 e. The van der Waals surface area contributed by atoms with Gasteiger partial charge in [0.25, 0.3) is 0 Å². The zero-order valence-corrected chi connectivity index (χ0v) is 18.2. The van der Waals surface area contributed by atoms with Crippen molar-refractivity contribution in [2.75, 3.05) is 42.9 Å². The summed E-state index contributed by atoms with van der Waals surface area (Å²) in [7, 11) is 0. The van der Waals surface area contributed by atoms with E-state index in [0.717, 1.165) is 52.8 Å². The predicted octanol–water partition coefficient (Wildman–Crippen LogP) is 3.27. The lowest BCUT2D eigenvalue weighted by Gasteiger charge is -2.35. The second kappa shape index (κ2) is 8.97. The third-order valence-corrected chi connectivity index (χ3v) is 5.53. The highest BCUT2D eigenvalue weighted by molar-refractivity contribution is 14.1. The Kier molecular flexibility index (Phi) is 6.64. The van der Waals surface area contributed by atoms with Crippen LogP contribution in [-0.4, -0.2) is 53.5 Å². The summed E-state index contributed by atoms with van der Waals surface area (Å²) < 4.78 is 1.05. The van der Waals surface area contributed by atoms with Gasteiger partial charge in [-0.15, -0.1) is 0 Å². The summed E-state index contributed by atoms with van der Waals surface area (Å²) in [6.07, 6.45) is 0. The molecular weight excluding hydrogens is 453 g/mol. The van der Waals surface area contributed by atoms with Crippen molar-refractivity contribution < 1.29 is 4.79 Å². The Morgan fingerprint density at radius 1 is 1.19 bits per heavy atom. The summed E-state index contributed by atoms with van der Waals surface area (Å²) in [6.45, 7) is 10.1. The molecule has 1 aromatic carbocycles. The van der Waals surface area contributed by atoms with E-state index in [4.69, 9.17) is 4.98 Å². The second-order valence-corrected chi connectivity index (χ2v) is 8.33. The molecule has 7 heteroatoms. The Morgan fingerprint density at radius 2 is 1.89 bits per heavy atom. The molecule has 1 aromatic heterocycles. The van der Waals surface area contributed by atoms with Crippen LogP contribution in [0.2, 0.25) is 0 Å². The van der Waals surface area contributed by atoms with Gasteiger partial charge in [0, 0.05) is 47.4 Å². The fourth-order valence-corrected chi connectivity index (χ4v) is 3.61. The lowest BCUT2D eigenvalue weighted by molar-refractivity contribution is -0.117. The monoisotopic (exact) mass is 479 g/mol. The Bertz CT molecular complexity index is 803. The molecule has 1 aliphatic heterocycles. The van der Waals surface area contributed by atoms with Gasteiger partial charge < -0.3 is 10.2 Å². The van der Waals surface area contributed by atoms with E-state index in [2.05, 4.69) is 56.5 Å². The number of piperazine rings is 1. The molecule has 0 radical (unpaired) electrons. The molecule has 1 aliphatic rings. The van der Waals surface area contributed by atoms with Gasteiger partial charge in [0.2, 0.25) is 5.91 Å². The van der Waals surface area contributed by atoms with Crippen molar-refractivity contribution in [1.82, 2.24) is 14.9 Å². The molecule has 0 unspecified atom stereocenters. The number of carbonyl (C=O) groups is 1. The van der Waals surface area contributed by atoms with Crippen LogP contribution >= 0.6 is 22.6 Å². The van der Waals surface area contributed by atoms with E-state index in [-0.39, 0.29) is 5.91 Å². The van der Waals surface area contributed by atoms with Gasteiger partial charge >= 0.3 is 0 Å².